The van der Waals surface area contributed by atoms with Gasteiger partial charge < -0.3 is 25.0 Å². The molecule has 2 heterocycles. The van der Waals surface area contributed by atoms with Crippen molar-refractivity contribution in [2.24, 2.45) is 5.92 Å². The monoisotopic (exact) mass is 498 g/mol. The fraction of sp³-hybridized carbons (Fsp3) is 0.654. The number of ether oxygens (including phenoxy) is 1. The number of carbonyl (C=O) groups is 2. The zero-order valence-corrected chi connectivity index (χ0v) is 21.4. The van der Waals surface area contributed by atoms with Gasteiger partial charge in [-0.1, -0.05) is 30.3 Å². The summed E-state index contributed by atoms with van der Waals surface area (Å²) in [6.07, 6.45) is 4.64. The van der Waals surface area contributed by atoms with Crippen molar-refractivity contribution < 1.29 is 24.4 Å². The predicted octanol–water partition coefficient (Wildman–Crippen LogP) is 2.12. The van der Waals surface area contributed by atoms with E-state index in [0.717, 1.165) is 44.3 Å². The summed E-state index contributed by atoms with van der Waals surface area (Å²) >= 11 is 0. The van der Waals surface area contributed by atoms with Crippen LogP contribution in [-0.2, 0) is 16.0 Å². The van der Waals surface area contributed by atoms with Gasteiger partial charge in [0, 0.05) is 12.1 Å². The first kappa shape index (κ1) is 28.0. The summed E-state index contributed by atoms with van der Waals surface area (Å²) in [6.45, 7) is 6.69. The average Bonchev–Trinajstić information content (AvgIpc) is 3.42. The number of nitrogens with one attached hydrogen (secondary N) is 1. The predicted molar refractivity (Wildman–Crippen MR) is 137 cm³/mol. The fourth-order valence-electron chi connectivity index (χ4n) is 5.27. The maximum absolute atomic E-state index is 13.4. The molecule has 2 amide bonds. The third kappa shape index (κ3) is 7.69. The molecule has 1 aromatic rings. The number of hydrogen-bond donors (Lipinski definition) is 3. The topological polar surface area (TPSA) is 126 Å². The van der Waals surface area contributed by atoms with Gasteiger partial charge in [0.05, 0.1) is 18.1 Å². The summed E-state index contributed by atoms with van der Waals surface area (Å²) in [6, 6.07) is 11.1. The van der Waals surface area contributed by atoms with E-state index in [9.17, 15) is 24.9 Å². The van der Waals surface area contributed by atoms with Gasteiger partial charge in [-0.2, -0.15) is 5.26 Å². The molecule has 36 heavy (non-hydrogen) atoms. The Bertz CT molecular complexity index is 901. The minimum absolute atomic E-state index is 0.00911. The van der Waals surface area contributed by atoms with Crippen LogP contribution >= 0.6 is 0 Å². The van der Waals surface area contributed by atoms with Crippen LogP contribution in [0.15, 0.2) is 30.3 Å². The molecule has 3 N–H and O–H groups in total. The lowest BCUT2D eigenvalue weighted by Gasteiger charge is -2.40. The molecule has 3 atom stereocenters. The van der Waals surface area contributed by atoms with E-state index < -0.39 is 25.1 Å². The van der Waals surface area contributed by atoms with Crippen molar-refractivity contribution in [3.05, 3.63) is 35.9 Å². The van der Waals surface area contributed by atoms with E-state index in [1.807, 2.05) is 30.3 Å². The van der Waals surface area contributed by atoms with E-state index in [1.165, 1.54) is 0 Å². The molecule has 9 nitrogen and oxygen atoms in total. The van der Waals surface area contributed by atoms with E-state index in [0.29, 0.717) is 19.4 Å². The summed E-state index contributed by atoms with van der Waals surface area (Å²) in [5, 5.41) is 31.8. The van der Waals surface area contributed by atoms with Crippen LogP contribution in [0.4, 0.5) is 4.79 Å². The molecule has 0 aromatic heterocycles. The van der Waals surface area contributed by atoms with Crippen molar-refractivity contribution in [3.63, 3.8) is 0 Å². The Morgan fingerprint density at radius 3 is 2.47 bits per heavy atom. The standard InChI is InChI=1S/C26H39BN4O5/c1-26(2,30-13-8-9-14-30)17-21(18-28)24(32)31-15-7-6-12-22(31)19-36-25(33)29-23(27(34)35)16-20-10-4-3-5-11-20/h3-5,10-11,21-23,34-35H,6-9,12-17,19H2,1-2H3,(H,29,33)/t21?,22-,23+/m1/s1. The number of rotatable bonds is 10. The molecule has 1 unspecified atom stereocenters. The molecule has 196 valence electrons. The zero-order chi connectivity index (χ0) is 26.1. The van der Waals surface area contributed by atoms with E-state index in [4.69, 9.17) is 4.74 Å². The molecule has 0 bridgehead atoms. The number of benzene rings is 1. The number of nitrogens with zero attached hydrogens (tertiary/aromatic N) is 3. The zero-order valence-electron chi connectivity index (χ0n) is 21.4. The van der Waals surface area contributed by atoms with Gasteiger partial charge in [0.25, 0.3) is 0 Å². The average molecular weight is 498 g/mol. The lowest BCUT2D eigenvalue weighted by molar-refractivity contribution is -0.139. The summed E-state index contributed by atoms with van der Waals surface area (Å²) in [7, 11) is -1.75. The largest absolute Gasteiger partial charge is 0.475 e. The van der Waals surface area contributed by atoms with E-state index in [1.54, 1.807) is 4.90 Å². The summed E-state index contributed by atoms with van der Waals surface area (Å²) in [5.41, 5.74) is 0.604. The van der Waals surface area contributed by atoms with Crippen molar-refractivity contribution >= 4 is 19.1 Å². The van der Waals surface area contributed by atoms with Gasteiger partial charge in [-0.15, -0.1) is 0 Å². The maximum Gasteiger partial charge on any atom is 0.475 e. The first-order valence-corrected chi connectivity index (χ1v) is 13.0. The molecule has 2 saturated heterocycles. The molecule has 10 heteroatoms. The lowest BCUT2D eigenvalue weighted by Crippen LogP contribution is -2.52. The maximum atomic E-state index is 13.4. The van der Waals surface area contributed by atoms with Gasteiger partial charge in [0.15, 0.2) is 0 Å². The van der Waals surface area contributed by atoms with Crippen molar-refractivity contribution in [1.29, 1.82) is 5.26 Å². The Hall–Kier alpha value is -2.61. The molecule has 0 radical (unpaired) electrons. The second-order valence-corrected chi connectivity index (χ2v) is 10.5. The molecule has 0 saturated carbocycles. The number of alkyl carbamates (subject to hydrolysis) is 1. The second kappa shape index (κ2) is 13.1. The van der Waals surface area contributed by atoms with Crippen LogP contribution < -0.4 is 5.32 Å². The Morgan fingerprint density at radius 1 is 1.17 bits per heavy atom. The minimum Gasteiger partial charge on any atom is -0.447 e. The van der Waals surface area contributed by atoms with Crippen molar-refractivity contribution in [2.75, 3.05) is 26.2 Å². The third-order valence-electron chi connectivity index (χ3n) is 7.40. The van der Waals surface area contributed by atoms with Gasteiger partial charge in [0.2, 0.25) is 5.91 Å². The first-order valence-electron chi connectivity index (χ1n) is 13.0. The quantitative estimate of drug-likeness (QED) is 0.422. The normalized spacial score (nSPS) is 20.3. The fourth-order valence-corrected chi connectivity index (χ4v) is 5.27. The van der Waals surface area contributed by atoms with Gasteiger partial charge in [-0.25, -0.2) is 4.79 Å². The highest BCUT2D eigenvalue weighted by Crippen LogP contribution is 2.29. The molecule has 3 rings (SSSR count). The van der Waals surface area contributed by atoms with Crippen LogP contribution in [-0.4, -0.2) is 82.7 Å². The highest BCUT2D eigenvalue weighted by molar-refractivity contribution is 6.43. The van der Waals surface area contributed by atoms with Crippen LogP contribution in [0.5, 0.6) is 0 Å². The number of piperidine rings is 1. The summed E-state index contributed by atoms with van der Waals surface area (Å²) in [4.78, 5) is 29.9. The number of hydrogen-bond acceptors (Lipinski definition) is 7. The van der Waals surface area contributed by atoms with Crippen molar-refractivity contribution in [1.82, 2.24) is 15.1 Å². The van der Waals surface area contributed by atoms with Gasteiger partial charge in [-0.3, -0.25) is 9.69 Å². The third-order valence-corrected chi connectivity index (χ3v) is 7.40. The molecule has 2 aliphatic rings. The number of nitriles is 1. The number of likely N-dealkylation sites (tertiary alicyclic amines) is 2. The van der Waals surface area contributed by atoms with E-state index in [2.05, 4.69) is 30.1 Å². The smallest absolute Gasteiger partial charge is 0.447 e. The highest BCUT2D eigenvalue weighted by atomic mass is 16.5. The molecule has 2 fully saturated rings. The highest BCUT2D eigenvalue weighted by Gasteiger charge is 2.38. The molecule has 0 spiro atoms. The Morgan fingerprint density at radius 2 is 1.83 bits per heavy atom. The summed E-state index contributed by atoms with van der Waals surface area (Å²) < 4.78 is 5.42. The number of amides is 2. The SMILES string of the molecule is CC(C)(CC(C#N)C(=O)N1CCCC[C@@H]1COC(=O)N[C@@H](Cc1ccccc1)B(O)O)N1CCCC1. The van der Waals surface area contributed by atoms with Crippen LogP contribution in [0.2, 0.25) is 0 Å². The molecular weight excluding hydrogens is 459 g/mol. The molecule has 1 aromatic carbocycles. The molecular formula is C26H39BN4O5. The van der Waals surface area contributed by atoms with Gasteiger partial charge >= 0.3 is 13.2 Å². The van der Waals surface area contributed by atoms with Gasteiger partial charge in [-0.05, 0) is 77.4 Å². The Balaban J connectivity index is 1.57. The summed E-state index contributed by atoms with van der Waals surface area (Å²) in [5.74, 6) is -1.89. The molecule has 0 aliphatic carbocycles. The number of carbonyl (C=O) groups excluding carboxylic acids is 2. The van der Waals surface area contributed by atoms with Crippen molar-refractivity contribution in [3.8, 4) is 6.07 Å². The molecule has 2 aliphatic heterocycles. The minimum atomic E-state index is -1.75. The van der Waals surface area contributed by atoms with Crippen LogP contribution in [0.3, 0.4) is 0 Å². The van der Waals surface area contributed by atoms with Crippen LogP contribution in [0, 0.1) is 17.2 Å². The van der Waals surface area contributed by atoms with E-state index in [-0.39, 0.29) is 30.5 Å². The van der Waals surface area contributed by atoms with Crippen LogP contribution in [0.1, 0.15) is 57.9 Å². The Kier molecular flexibility index (Phi) is 10.2. The second-order valence-electron chi connectivity index (χ2n) is 10.5. The first-order chi connectivity index (χ1) is 17.2. The van der Waals surface area contributed by atoms with Gasteiger partial charge in [0.1, 0.15) is 12.5 Å². The van der Waals surface area contributed by atoms with Crippen LogP contribution in [0.25, 0.3) is 0 Å². The lowest BCUT2D eigenvalue weighted by atomic mass is 9.76. The Labute approximate surface area is 214 Å². The van der Waals surface area contributed by atoms with Crippen molar-refractivity contribution in [2.45, 2.75) is 76.3 Å². The van der Waals surface area contributed by atoms with E-state index >= 15 is 0 Å².